The van der Waals surface area contributed by atoms with E-state index in [0.717, 1.165) is 57.5 Å². The number of aryl methyl sites for hydroxylation is 2. The molecule has 2 saturated heterocycles. The number of nitrogens with zero attached hydrogens (tertiary/aromatic N) is 5. The van der Waals surface area contributed by atoms with Gasteiger partial charge in [0.05, 0.1) is 13.2 Å². The fourth-order valence-corrected chi connectivity index (χ4v) is 5.94. The summed E-state index contributed by atoms with van der Waals surface area (Å²) >= 11 is 0. The Kier molecular flexibility index (Phi) is 6.28. The highest BCUT2D eigenvalue weighted by Gasteiger charge is 2.45. The molecule has 0 N–H and O–H groups in total. The van der Waals surface area contributed by atoms with E-state index in [4.69, 9.17) is 4.74 Å². The highest BCUT2D eigenvalue weighted by atomic mass is 16.5. The zero-order chi connectivity index (χ0) is 22.1. The molecule has 0 unspecified atom stereocenters. The monoisotopic (exact) mass is 437 g/mol. The maximum Gasteiger partial charge on any atom is 0.244 e. The minimum absolute atomic E-state index is 0.182. The van der Waals surface area contributed by atoms with E-state index in [2.05, 4.69) is 44.1 Å². The van der Waals surface area contributed by atoms with Gasteiger partial charge in [-0.2, -0.15) is 5.10 Å². The Hall–Kier alpha value is -2.25. The number of rotatable bonds is 5. The van der Waals surface area contributed by atoms with E-state index in [-0.39, 0.29) is 5.91 Å². The van der Waals surface area contributed by atoms with Crippen molar-refractivity contribution in [3.05, 3.63) is 47.0 Å². The van der Waals surface area contributed by atoms with Crippen molar-refractivity contribution in [1.82, 2.24) is 24.6 Å². The van der Waals surface area contributed by atoms with E-state index in [1.165, 1.54) is 30.4 Å². The third-order valence-corrected chi connectivity index (χ3v) is 7.58. The summed E-state index contributed by atoms with van der Waals surface area (Å²) in [4.78, 5) is 22.3. The predicted octanol–water partition coefficient (Wildman–Crippen LogP) is 2.91. The van der Waals surface area contributed by atoms with Crippen LogP contribution in [0.15, 0.2) is 24.3 Å². The zero-order valence-electron chi connectivity index (χ0n) is 19.4. The molecule has 0 spiro atoms. The fourth-order valence-electron chi connectivity index (χ4n) is 5.94. The molecule has 3 atom stereocenters. The molecule has 0 radical (unpaired) electrons. The topological polar surface area (TPSA) is 63.5 Å². The molecular formula is C25H35N5O2. The van der Waals surface area contributed by atoms with E-state index in [1.807, 2.05) is 13.8 Å². The van der Waals surface area contributed by atoms with Crippen LogP contribution in [-0.2, 0) is 22.6 Å². The zero-order valence-corrected chi connectivity index (χ0v) is 19.4. The van der Waals surface area contributed by atoms with Crippen molar-refractivity contribution >= 4 is 5.91 Å². The summed E-state index contributed by atoms with van der Waals surface area (Å²) in [7, 11) is 0. The number of carbonyl (C=O) groups excluding carboxylic acids is 1. The summed E-state index contributed by atoms with van der Waals surface area (Å²) in [5, 5.41) is 4.41. The average Bonchev–Trinajstić information content (AvgIpc) is 3.34. The lowest BCUT2D eigenvalue weighted by atomic mass is 9.77. The Morgan fingerprint density at radius 3 is 2.56 bits per heavy atom. The number of carbonyl (C=O) groups is 1. The van der Waals surface area contributed by atoms with Gasteiger partial charge in [-0.25, -0.2) is 9.67 Å². The third-order valence-electron chi connectivity index (χ3n) is 7.58. The van der Waals surface area contributed by atoms with Crippen molar-refractivity contribution in [2.24, 2.45) is 5.92 Å². The number of aromatic nitrogens is 3. The van der Waals surface area contributed by atoms with Crippen LogP contribution in [0.5, 0.6) is 0 Å². The number of likely N-dealkylation sites (tertiary alicyclic amines) is 1. The number of benzene rings is 1. The fraction of sp³-hybridized carbons (Fsp3) is 0.640. The highest BCUT2D eigenvalue weighted by Crippen LogP contribution is 2.45. The third kappa shape index (κ3) is 4.46. The Labute approximate surface area is 190 Å². The summed E-state index contributed by atoms with van der Waals surface area (Å²) in [6, 6.07) is 9.55. The van der Waals surface area contributed by atoms with E-state index in [0.29, 0.717) is 24.4 Å². The van der Waals surface area contributed by atoms with Gasteiger partial charge in [0, 0.05) is 38.1 Å². The number of ether oxygens (including phenoxy) is 1. The first-order valence-corrected chi connectivity index (χ1v) is 12.1. The van der Waals surface area contributed by atoms with Gasteiger partial charge in [-0.1, -0.05) is 37.1 Å². The molecule has 3 fully saturated rings. The lowest BCUT2D eigenvalue weighted by molar-refractivity contribution is -0.133. The number of amides is 1. The summed E-state index contributed by atoms with van der Waals surface area (Å²) < 4.78 is 7.22. The van der Waals surface area contributed by atoms with Crippen LogP contribution in [0, 0.1) is 19.8 Å². The second kappa shape index (κ2) is 9.32. The Bertz CT molecular complexity index is 934. The van der Waals surface area contributed by atoms with E-state index in [1.54, 1.807) is 4.68 Å². The van der Waals surface area contributed by atoms with Crippen molar-refractivity contribution in [3.8, 4) is 0 Å². The molecule has 3 aliphatic rings. The van der Waals surface area contributed by atoms with E-state index >= 15 is 0 Å². The predicted molar refractivity (Wildman–Crippen MR) is 122 cm³/mol. The van der Waals surface area contributed by atoms with Crippen LogP contribution in [0.1, 0.15) is 54.4 Å². The normalized spacial score (nSPS) is 26.3. The van der Waals surface area contributed by atoms with Crippen LogP contribution in [0.2, 0.25) is 0 Å². The summed E-state index contributed by atoms with van der Waals surface area (Å²) in [6.07, 6.45) is 4.83. The second-order valence-corrected chi connectivity index (χ2v) is 9.66. The van der Waals surface area contributed by atoms with Gasteiger partial charge in [-0.05, 0) is 43.7 Å². The van der Waals surface area contributed by atoms with Gasteiger partial charge in [0.1, 0.15) is 18.2 Å². The van der Waals surface area contributed by atoms with Crippen molar-refractivity contribution < 1.29 is 9.53 Å². The molecule has 1 saturated carbocycles. The molecule has 2 aromatic rings. The minimum Gasteiger partial charge on any atom is -0.379 e. The molecule has 172 valence electrons. The van der Waals surface area contributed by atoms with Crippen LogP contribution in [0.25, 0.3) is 0 Å². The van der Waals surface area contributed by atoms with E-state index < -0.39 is 0 Å². The van der Waals surface area contributed by atoms with Crippen molar-refractivity contribution in [3.63, 3.8) is 0 Å². The first kappa shape index (κ1) is 21.6. The number of morpholine rings is 1. The first-order valence-electron chi connectivity index (χ1n) is 12.1. The van der Waals surface area contributed by atoms with Crippen LogP contribution in [0.4, 0.5) is 0 Å². The SMILES string of the molecule is Cc1nc(C)n(CC(=O)N2C[C@H](c3ccc(CN4CCOCC4)cc3)[C@H]3CCCC[C@H]32)n1. The minimum atomic E-state index is 0.182. The molecule has 2 aliphatic heterocycles. The largest absolute Gasteiger partial charge is 0.379 e. The lowest BCUT2D eigenvalue weighted by Gasteiger charge is -2.32. The van der Waals surface area contributed by atoms with Crippen LogP contribution in [-0.4, -0.2) is 69.4 Å². The van der Waals surface area contributed by atoms with Gasteiger partial charge in [-0.3, -0.25) is 9.69 Å². The van der Waals surface area contributed by atoms with E-state index in [9.17, 15) is 4.79 Å². The van der Waals surface area contributed by atoms with Gasteiger partial charge in [0.2, 0.25) is 5.91 Å². The Morgan fingerprint density at radius 2 is 1.84 bits per heavy atom. The summed E-state index contributed by atoms with van der Waals surface area (Å²) in [5.74, 6) is 2.71. The first-order chi connectivity index (χ1) is 15.6. The molecule has 3 heterocycles. The second-order valence-electron chi connectivity index (χ2n) is 9.66. The summed E-state index contributed by atoms with van der Waals surface area (Å²) in [6.45, 7) is 9.58. The van der Waals surface area contributed by atoms with Crippen molar-refractivity contribution in [1.29, 1.82) is 0 Å². The number of fused-ring (bicyclic) bond motifs is 1. The van der Waals surface area contributed by atoms with Gasteiger partial charge < -0.3 is 9.64 Å². The standard InChI is InChI=1S/C25H35N5O2/c1-18-26-19(2)30(27-18)17-25(31)29-16-23(22-5-3-4-6-24(22)29)21-9-7-20(8-10-21)15-28-11-13-32-14-12-28/h7-10,22-24H,3-6,11-17H2,1-2H3/t22-,23-,24-/m1/s1. The van der Waals surface area contributed by atoms with Crippen LogP contribution in [0.3, 0.4) is 0 Å². The molecule has 1 amide bonds. The lowest BCUT2D eigenvalue weighted by Crippen LogP contribution is -2.41. The van der Waals surface area contributed by atoms with Crippen LogP contribution < -0.4 is 0 Å². The molecule has 1 aromatic carbocycles. The molecule has 32 heavy (non-hydrogen) atoms. The maximum absolute atomic E-state index is 13.3. The quantitative estimate of drug-likeness (QED) is 0.720. The number of hydrogen-bond donors (Lipinski definition) is 0. The Balaban J connectivity index is 1.29. The van der Waals surface area contributed by atoms with Gasteiger partial charge >= 0.3 is 0 Å². The molecule has 7 nitrogen and oxygen atoms in total. The summed E-state index contributed by atoms with van der Waals surface area (Å²) in [5.41, 5.74) is 2.74. The van der Waals surface area contributed by atoms with Gasteiger partial charge in [-0.15, -0.1) is 0 Å². The smallest absolute Gasteiger partial charge is 0.244 e. The molecular weight excluding hydrogens is 402 g/mol. The molecule has 1 aliphatic carbocycles. The highest BCUT2D eigenvalue weighted by molar-refractivity contribution is 5.77. The molecule has 1 aromatic heterocycles. The molecule has 7 heteroatoms. The van der Waals surface area contributed by atoms with Crippen molar-refractivity contribution in [2.75, 3.05) is 32.8 Å². The van der Waals surface area contributed by atoms with Crippen molar-refractivity contribution in [2.45, 2.75) is 64.6 Å². The average molecular weight is 438 g/mol. The van der Waals surface area contributed by atoms with Crippen LogP contribution >= 0.6 is 0 Å². The Morgan fingerprint density at radius 1 is 1.09 bits per heavy atom. The maximum atomic E-state index is 13.3. The number of hydrogen-bond acceptors (Lipinski definition) is 5. The van der Waals surface area contributed by atoms with Gasteiger partial charge in [0.25, 0.3) is 0 Å². The molecule has 5 rings (SSSR count). The molecule has 0 bridgehead atoms. The van der Waals surface area contributed by atoms with Gasteiger partial charge in [0.15, 0.2) is 0 Å².